The van der Waals surface area contributed by atoms with E-state index in [4.69, 9.17) is 17.3 Å². The van der Waals surface area contributed by atoms with E-state index in [1.807, 2.05) is 47.4 Å². The lowest BCUT2D eigenvalue weighted by molar-refractivity contribution is -0.134. The minimum atomic E-state index is -0.582. The normalized spacial score (nSPS) is 15.3. The number of amides is 2. The fourth-order valence-corrected chi connectivity index (χ4v) is 3.92. The van der Waals surface area contributed by atoms with Crippen LogP contribution >= 0.6 is 11.6 Å². The molecule has 6 nitrogen and oxygen atoms in total. The summed E-state index contributed by atoms with van der Waals surface area (Å²) in [5, 5.41) is 2.96. The van der Waals surface area contributed by atoms with E-state index in [1.165, 1.54) is 0 Å². The van der Waals surface area contributed by atoms with Crippen molar-refractivity contribution >= 4 is 29.3 Å². The Bertz CT molecular complexity index is 909. The number of likely N-dealkylation sites (tertiary alicyclic amines) is 1. The number of carbonyl (C=O) groups excluding carboxylic acids is 2. The summed E-state index contributed by atoms with van der Waals surface area (Å²) in [7, 11) is 0. The minimum absolute atomic E-state index is 0.0201. The van der Waals surface area contributed by atoms with Crippen LogP contribution in [0.4, 0.5) is 0 Å². The molecule has 3 N–H and O–H groups in total. The highest BCUT2D eigenvalue weighted by Crippen LogP contribution is 2.19. The van der Waals surface area contributed by atoms with E-state index in [2.05, 4.69) is 10.3 Å². The third kappa shape index (κ3) is 6.82. The molecule has 1 aliphatic rings. The number of carbonyl (C=O) groups is 2. The van der Waals surface area contributed by atoms with Gasteiger partial charge in [-0.3, -0.25) is 14.6 Å². The van der Waals surface area contributed by atoms with Gasteiger partial charge in [-0.15, -0.1) is 11.6 Å². The first kappa shape index (κ1) is 23.8. The highest BCUT2D eigenvalue weighted by Gasteiger charge is 2.27. The minimum Gasteiger partial charge on any atom is -0.386 e. The third-order valence-corrected chi connectivity index (χ3v) is 5.90. The summed E-state index contributed by atoms with van der Waals surface area (Å²) in [6.07, 6.45) is 4.28. The predicted molar refractivity (Wildman–Crippen MR) is 130 cm³/mol. The summed E-state index contributed by atoms with van der Waals surface area (Å²) in [5.41, 5.74) is 8.32. The van der Waals surface area contributed by atoms with E-state index in [0.717, 1.165) is 43.5 Å². The molecule has 0 aliphatic carbocycles. The molecule has 1 saturated heterocycles. The van der Waals surface area contributed by atoms with Gasteiger partial charge in [0.05, 0.1) is 5.88 Å². The summed E-state index contributed by atoms with van der Waals surface area (Å²) in [6, 6.07) is 16.9. The molecule has 0 unspecified atom stereocenters. The molecule has 3 rings (SSSR count). The van der Waals surface area contributed by atoms with Gasteiger partial charge < -0.3 is 16.0 Å². The summed E-state index contributed by atoms with van der Waals surface area (Å²) >= 11 is 5.66. The van der Waals surface area contributed by atoms with Crippen molar-refractivity contribution in [1.29, 1.82) is 0 Å². The molecule has 32 heavy (non-hydrogen) atoms. The standard InChI is InChI=1S/C25H31ClN4O2/c26-18-23(27)28-15-7-10-22(25(32)30-16-5-2-6-17-30)29-24(31)21-13-11-20(12-14-21)19-8-3-1-4-9-19/h1,3-4,8-9,11-14,22H,2,5-7,10,15-18H2,(H2,27,28)(H,29,31)/t22-/m0/s1. The molecule has 1 heterocycles. The first-order valence-electron chi connectivity index (χ1n) is 11.2. The molecule has 2 aromatic rings. The van der Waals surface area contributed by atoms with Crippen LogP contribution in [0.2, 0.25) is 0 Å². The maximum absolute atomic E-state index is 13.1. The number of rotatable bonds is 9. The lowest BCUT2D eigenvalue weighted by atomic mass is 10.0. The lowest BCUT2D eigenvalue weighted by Gasteiger charge is -2.30. The Hall–Kier alpha value is -2.86. The fraction of sp³-hybridized carbons (Fsp3) is 0.400. The smallest absolute Gasteiger partial charge is 0.251 e. The quantitative estimate of drug-likeness (QED) is 0.261. The summed E-state index contributed by atoms with van der Waals surface area (Å²) in [4.78, 5) is 32.1. The average Bonchev–Trinajstić information content (AvgIpc) is 2.86. The van der Waals surface area contributed by atoms with Crippen molar-refractivity contribution in [2.24, 2.45) is 10.7 Å². The number of aliphatic imine (C=N–C) groups is 1. The van der Waals surface area contributed by atoms with Crippen molar-refractivity contribution in [3.8, 4) is 11.1 Å². The molecule has 7 heteroatoms. The Labute approximate surface area is 194 Å². The summed E-state index contributed by atoms with van der Waals surface area (Å²) in [6.45, 7) is 1.96. The van der Waals surface area contributed by atoms with Crippen molar-refractivity contribution < 1.29 is 9.59 Å². The Morgan fingerprint density at radius 3 is 2.31 bits per heavy atom. The molecular formula is C25H31ClN4O2. The van der Waals surface area contributed by atoms with Crippen molar-refractivity contribution in [2.45, 2.75) is 38.1 Å². The van der Waals surface area contributed by atoms with E-state index in [-0.39, 0.29) is 17.7 Å². The maximum atomic E-state index is 13.1. The number of piperidine rings is 1. The number of nitrogens with two attached hydrogens (primary N) is 1. The molecule has 2 aromatic carbocycles. The van der Waals surface area contributed by atoms with E-state index < -0.39 is 6.04 Å². The predicted octanol–water partition coefficient (Wildman–Crippen LogP) is 3.84. The van der Waals surface area contributed by atoms with E-state index in [1.54, 1.807) is 12.1 Å². The molecule has 0 spiro atoms. The summed E-state index contributed by atoms with van der Waals surface area (Å²) in [5.74, 6) is 0.302. The SMILES string of the molecule is NC(CCl)=NCCC[C@H](NC(=O)c1ccc(-c2ccccc2)cc1)C(=O)N1CCCCC1. The molecule has 0 bridgehead atoms. The highest BCUT2D eigenvalue weighted by molar-refractivity contribution is 6.27. The zero-order chi connectivity index (χ0) is 22.8. The van der Waals surface area contributed by atoms with Crippen molar-refractivity contribution in [3.05, 3.63) is 60.2 Å². The van der Waals surface area contributed by atoms with Crippen LogP contribution in [-0.4, -0.2) is 54.1 Å². The zero-order valence-electron chi connectivity index (χ0n) is 18.3. The first-order chi connectivity index (χ1) is 15.6. The van der Waals surface area contributed by atoms with Gasteiger partial charge >= 0.3 is 0 Å². The van der Waals surface area contributed by atoms with Gasteiger partial charge in [0.2, 0.25) is 5.91 Å². The fourth-order valence-electron chi connectivity index (χ4n) is 3.84. The van der Waals surface area contributed by atoms with Crippen LogP contribution in [0.15, 0.2) is 59.6 Å². The third-order valence-electron chi connectivity index (χ3n) is 5.63. The Morgan fingerprint density at radius 1 is 1.00 bits per heavy atom. The second-order valence-corrected chi connectivity index (χ2v) is 8.27. The van der Waals surface area contributed by atoms with Crippen LogP contribution in [0, 0.1) is 0 Å². The number of nitrogens with zero attached hydrogens (tertiary/aromatic N) is 2. The Morgan fingerprint density at radius 2 is 1.66 bits per heavy atom. The zero-order valence-corrected chi connectivity index (χ0v) is 19.1. The molecule has 170 valence electrons. The second kappa shape index (κ2) is 12.2. The van der Waals surface area contributed by atoms with Crippen molar-refractivity contribution in [1.82, 2.24) is 10.2 Å². The van der Waals surface area contributed by atoms with Crippen LogP contribution in [0.25, 0.3) is 11.1 Å². The molecule has 1 atom stereocenters. The second-order valence-electron chi connectivity index (χ2n) is 8.00. The van der Waals surface area contributed by atoms with Gasteiger partial charge in [-0.2, -0.15) is 0 Å². The first-order valence-corrected chi connectivity index (χ1v) is 11.7. The molecule has 1 fully saturated rings. The van der Waals surface area contributed by atoms with Gasteiger partial charge in [-0.05, 0) is 55.4 Å². The van der Waals surface area contributed by atoms with Gasteiger partial charge in [0, 0.05) is 25.2 Å². The van der Waals surface area contributed by atoms with Gasteiger partial charge in [0.15, 0.2) is 0 Å². The highest BCUT2D eigenvalue weighted by atomic mass is 35.5. The molecule has 1 aliphatic heterocycles. The number of alkyl halides is 1. The maximum Gasteiger partial charge on any atom is 0.251 e. The Kier molecular flexibility index (Phi) is 9.11. The Balaban J connectivity index is 1.66. The van der Waals surface area contributed by atoms with Crippen LogP contribution < -0.4 is 11.1 Å². The van der Waals surface area contributed by atoms with Crippen LogP contribution in [0.3, 0.4) is 0 Å². The average molecular weight is 455 g/mol. The molecule has 0 saturated carbocycles. The largest absolute Gasteiger partial charge is 0.386 e. The number of nitrogens with one attached hydrogen (secondary N) is 1. The van der Waals surface area contributed by atoms with Crippen LogP contribution in [-0.2, 0) is 4.79 Å². The van der Waals surface area contributed by atoms with Gasteiger partial charge in [0.25, 0.3) is 5.91 Å². The number of hydrogen-bond donors (Lipinski definition) is 2. The van der Waals surface area contributed by atoms with E-state index >= 15 is 0 Å². The lowest BCUT2D eigenvalue weighted by Crippen LogP contribution is -2.50. The van der Waals surface area contributed by atoms with E-state index in [9.17, 15) is 9.59 Å². The van der Waals surface area contributed by atoms with Gasteiger partial charge in [0.1, 0.15) is 11.9 Å². The summed E-state index contributed by atoms with van der Waals surface area (Å²) < 4.78 is 0. The van der Waals surface area contributed by atoms with Gasteiger partial charge in [-0.1, -0.05) is 42.5 Å². The number of benzene rings is 2. The van der Waals surface area contributed by atoms with Crippen LogP contribution in [0.5, 0.6) is 0 Å². The van der Waals surface area contributed by atoms with E-state index in [0.29, 0.717) is 30.8 Å². The number of halogens is 1. The molecule has 0 aromatic heterocycles. The number of hydrogen-bond acceptors (Lipinski definition) is 3. The number of amidine groups is 1. The van der Waals surface area contributed by atoms with Crippen molar-refractivity contribution in [2.75, 3.05) is 25.5 Å². The molecule has 2 amide bonds. The molecular weight excluding hydrogens is 424 g/mol. The molecule has 0 radical (unpaired) electrons. The topological polar surface area (TPSA) is 87.8 Å². The monoisotopic (exact) mass is 454 g/mol. The van der Waals surface area contributed by atoms with Crippen LogP contribution in [0.1, 0.15) is 42.5 Å². The van der Waals surface area contributed by atoms with Gasteiger partial charge in [-0.25, -0.2) is 0 Å². The van der Waals surface area contributed by atoms with Crippen molar-refractivity contribution in [3.63, 3.8) is 0 Å².